The van der Waals surface area contributed by atoms with E-state index < -0.39 is 12.1 Å². The number of carbonyl (C=O) groups is 1. The highest BCUT2D eigenvalue weighted by Gasteiger charge is 2.23. The number of ether oxygens (including phenoxy) is 3. The molecule has 0 aliphatic heterocycles. The van der Waals surface area contributed by atoms with Gasteiger partial charge in [0, 0.05) is 32.7 Å². The van der Waals surface area contributed by atoms with Gasteiger partial charge in [-0.1, -0.05) is 49.7 Å². The minimum absolute atomic E-state index is 0.122. The van der Waals surface area contributed by atoms with Crippen molar-refractivity contribution in [1.82, 2.24) is 5.32 Å². The van der Waals surface area contributed by atoms with Gasteiger partial charge in [0.15, 0.2) is 11.5 Å². The van der Waals surface area contributed by atoms with Crippen molar-refractivity contribution in [3.05, 3.63) is 59.2 Å². The van der Waals surface area contributed by atoms with Crippen molar-refractivity contribution in [1.29, 1.82) is 0 Å². The lowest BCUT2D eigenvalue weighted by Crippen LogP contribution is -2.45. The second-order valence-corrected chi connectivity index (χ2v) is 9.83. The van der Waals surface area contributed by atoms with Gasteiger partial charge in [-0.3, -0.25) is 4.79 Å². The molecular weight excluding hydrogens is 456 g/mol. The number of nitrogens with one attached hydrogen (secondary N) is 1. The molecule has 0 aromatic heterocycles. The van der Waals surface area contributed by atoms with Crippen molar-refractivity contribution in [2.75, 3.05) is 34.0 Å². The zero-order chi connectivity index (χ0) is 26.5. The Bertz CT molecular complexity index is 934. The standard InChI is InChI=1S/C29H44N2O5/c1-20(2)24(15-23-10-11-27(35-5)28(16-23)36-13-7-12-34-4)18-25(30)26(32)19-31-29(33)17-22-9-6-8-21(3)14-22/h6,8-11,14,16,20,24-26,32H,7,12-13,15,17-19,30H2,1-5H3,(H,31,33)/t24-,25-,26-/m0/s1. The summed E-state index contributed by atoms with van der Waals surface area (Å²) in [5.74, 6) is 1.92. The molecule has 36 heavy (non-hydrogen) atoms. The molecule has 0 unspecified atom stereocenters. The Balaban J connectivity index is 1.91. The molecule has 0 saturated heterocycles. The van der Waals surface area contributed by atoms with Crippen LogP contribution in [0.1, 0.15) is 43.4 Å². The molecule has 200 valence electrons. The van der Waals surface area contributed by atoms with Crippen LogP contribution in [0, 0.1) is 18.8 Å². The zero-order valence-corrected chi connectivity index (χ0v) is 22.5. The maximum Gasteiger partial charge on any atom is 0.224 e. The molecule has 0 saturated carbocycles. The molecule has 1 amide bonds. The molecular formula is C29H44N2O5. The number of hydrogen-bond donors (Lipinski definition) is 3. The fourth-order valence-electron chi connectivity index (χ4n) is 4.19. The predicted molar refractivity (Wildman–Crippen MR) is 144 cm³/mol. The van der Waals surface area contributed by atoms with E-state index in [-0.39, 0.29) is 24.8 Å². The van der Waals surface area contributed by atoms with E-state index in [1.165, 1.54) is 0 Å². The van der Waals surface area contributed by atoms with Gasteiger partial charge in [0.2, 0.25) is 5.91 Å². The van der Waals surface area contributed by atoms with Crippen LogP contribution in [0.3, 0.4) is 0 Å². The highest BCUT2D eigenvalue weighted by atomic mass is 16.5. The van der Waals surface area contributed by atoms with E-state index in [9.17, 15) is 9.90 Å². The van der Waals surface area contributed by atoms with Crippen molar-refractivity contribution >= 4 is 5.91 Å². The number of hydrogen-bond acceptors (Lipinski definition) is 6. The minimum atomic E-state index is -0.816. The summed E-state index contributed by atoms with van der Waals surface area (Å²) in [5.41, 5.74) is 9.58. The van der Waals surface area contributed by atoms with E-state index in [1.807, 2.05) is 49.4 Å². The molecule has 0 aliphatic rings. The topological polar surface area (TPSA) is 103 Å². The lowest BCUT2D eigenvalue weighted by Gasteiger charge is -2.27. The van der Waals surface area contributed by atoms with Gasteiger partial charge in [-0.05, 0) is 54.9 Å². The molecule has 2 rings (SSSR count). The Morgan fingerprint density at radius 3 is 2.50 bits per heavy atom. The molecule has 4 N–H and O–H groups in total. The third-order valence-corrected chi connectivity index (χ3v) is 6.44. The predicted octanol–water partition coefficient (Wildman–Crippen LogP) is 3.67. The van der Waals surface area contributed by atoms with E-state index in [2.05, 4.69) is 19.2 Å². The van der Waals surface area contributed by atoms with Crippen LogP contribution in [-0.2, 0) is 22.4 Å². The number of methoxy groups -OCH3 is 2. The zero-order valence-electron chi connectivity index (χ0n) is 22.5. The summed E-state index contributed by atoms with van der Waals surface area (Å²) < 4.78 is 16.5. The molecule has 3 atom stereocenters. The monoisotopic (exact) mass is 500 g/mol. The fraction of sp³-hybridized carbons (Fsp3) is 0.552. The highest BCUT2D eigenvalue weighted by Crippen LogP contribution is 2.31. The maximum absolute atomic E-state index is 12.3. The Labute approximate surface area is 216 Å². The number of carbonyl (C=O) groups excluding carboxylic acids is 1. The van der Waals surface area contributed by atoms with E-state index in [0.717, 1.165) is 29.5 Å². The average Bonchev–Trinajstić information content (AvgIpc) is 2.84. The first-order chi connectivity index (χ1) is 17.2. The van der Waals surface area contributed by atoms with Gasteiger partial charge < -0.3 is 30.4 Å². The van der Waals surface area contributed by atoms with E-state index in [1.54, 1.807) is 14.2 Å². The molecule has 0 spiro atoms. The molecule has 0 aliphatic carbocycles. The summed E-state index contributed by atoms with van der Waals surface area (Å²) in [6.45, 7) is 7.66. The number of rotatable bonds is 16. The van der Waals surface area contributed by atoms with Crippen LogP contribution in [0.4, 0.5) is 0 Å². The maximum atomic E-state index is 12.3. The van der Waals surface area contributed by atoms with Crippen LogP contribution < -0.4 is 20.5 Å². The Hall–Kier alpha value is -2.61. The van der Waals surface area contributed by atoms with Crippen LogP contribution >= 0.6 is 0 Å². The summed E-state index contributed by atoms with van der Waals surface area (Å²) in [4.78, 5) is 12.3. The molecule has 0 heterocycles. The molecule has 0 radical (unpaired) electrons. The first-order valence-electron chi connectivity index (χ1n) is 12.8. The first kappa shape index (κ1) is 29.6. The lowest BCUT2D eigenvalue weighted by atomic mass is 9.83. The first-order valence-corrected chi connectivity index (χ1v) is 12.8. The Morgan fingerprint density at radius 1 is 1.06 bits per heavy atom. The summed E-state index contributed by atoms with van der Waals surface area (Å²) in [6.07, 6.45) is 1.71. The second kappa shape index (κ2) is 15.5. The van der Waals surface area contributed by atoms with Gasteiger partial charge in [0.25, 0.3) is 0 Å². The van der Waals surface area contributed by atoms with Crippen molar-refractivity contribution < 1.29 is 24.1 Å². The number of aryl methyl sites for hydroxylation is 1. The smallest absolute Gasteiger partial charge is 0.224 e. The van der Waals surface area contributed by atoms with Gasteiger partial charge >= 0.3 is 0 Å². The summed E-state index contributed by atoms with van der Waals surface area (Å²) in [6, 6.07) is 13.4. The van der Waals surface area contributed by atoms with Crippen molar-refractivity contribution in [2.45, 2.75) is 58.6 Å². The number of benzene rings is 2. The normalized spacial score (nSPS) is 13.8. The molecule has 7 nitrogen and oxygen atoms in total. The number of aliphatic hydroxyl groups is 1. The van der Waals surface area contributed by atoms with Gasteiger partial charge in [-0.15, -0.1) is 0 Å². The summed E-state index contributed by atoms with van der Waals surface area (Å²) in [5, 5.41) is 13.5. The quantitative estimate of drug-likeness (QED) is 0.304. The van der Waals surface area contributed by atoms with E-state index >= 15 is 0 Å². The number of aliphatic hydroxyl groups excluding tert-OH is 1. The Kier molecular flexibility index (Phi) is 12.7. The fourth-order valence-corrected chi connectivity index (χ4v) is 4.19. The SMILES string of the molecule is COCCCOc1cc(C[C@@H](C[C@H](N)[C@@H](O)CNC(=O)Cc2cccc(C)c2)C(C)C)ccc1OC. The summed E-state index contributed by atoms with van der Waals surface area (Å²) >= 11 is 0. The lowest BCUT2D eigenvalue weighted by molar-refractivity contribution is -0.121. The van der Waals surface area contributed by atoms with E-state index in [4.69, 9.17) is 19.9 Å². The van der Waals surface area contributed by atoms with Crippen molar-refractivity contribution in [3.8, 4) is 11.5 Å². The van der Waals surface area contributed by atoms with E-state index in [0.29, 0.717) is 37.1 Å². The van der Waals surface area contributed by atoms with Crippen LogP contribution in [0.15, 0.2) is 42.5 Å². The van der Waals surface area contributed by atoms with Crippen LogP contribution in [0.5, 0.6) is 11.5 Å². The van der Waals surface area contributed by atoms with Gasteiger partial charge in [0.1, 0.15) is 0 Å². The Morgan fingerprint density at radius 2 is 1.83 bits per heavy atom. The van der Waals surface area contributed by atoms with Crippen LogP contribution in [0.25, 0.3) is 0 Å². The number of amides is 1. The highest BCUT2D eigenvalue weighted by molar-refractivity contribution is 5.78. The minimum Gasteiger partial charge on any atom is -0.493 e. The van der Waals surface area contributed by atoms with Gasteiger partial charge in [-0.25, -0.2) is 0 Å². The largest absolute Gasteiger partial charge is 0.493 e. The third kappa shape index (κ3) is 10.2. The third-order valence-electron chi connectivity index (χ3n) is 6.44. The average molecular weight is 501 g/mol. The molecule has 2 aromatic carbocycles. The molecule has 7 heteroatoms. The van der Waals surface area contributed by atoms with Gasteiger partial charge in [-0.2, -0.15) is 0 Å². The van der Waals surface area contributed by atoms with Crippen LogP contribution in [0.2, 0.25) is 0 Å². The van der Waals surface area contributed by atoms with Crippen molar-refractivity contribution in [2.24, 2.45) is 17.6 Å². The molecule has 0 fully saturated rings. The molecule has 2 aromatic rings. The van der Waals surface area contributed by atoms with Gasteiger partial charge in [0.05, 0.1) is 26.2 Å². The number of nitrogens with two attached hydrogens (primary N) is 1. The molecule has 0 bridgehead atoms. The van der Waals surface area contributed by atoms with Crippen LogP contribution in [-0.4, -0.2) is 57.1 Å². The second-order valence-electron chi connectivity index (χ2n) is 9.83. The van der Waals surface area contributed by atoms with Crippen molar-refractivity contribution in [3.63, 3.8) is 0 Å². The summed E-state index contributed by atoms with van der Waals surface area (Å²) in [7, 11) is 3.31.